The summed E-state index contributed by atoms with van der Waals surface area (Å²) in [6, 6.07) is 0. The SMILES string of the molecule is CCCCCCCCCCCCCCCCP(=O)([O-])CCC[NH3+]. The van der Waals surface area contributed by atoms with Crippen LogP contribution in [0, 0.1) is 0 Å². The van der Waals surface area contributed by atoms with Gasteiger partial charge in [-0.1, -0.05) is 90.4 Å². The molecule has 0 aliphatic heterocycles. The van der Waals surface area contributed by atoms with Crippen LogP contribution in [0.3, 0.4) is 0 Å². The van der Waals surface area contributed by atoms with E-state index >= 15 is 0 Å². The number of rotatable bonds is 18. The van der Waals surface area contributed by atoms with E-state index < -0.39 is 7.37 Å². The fourth-order valence-corrected chi connectivity index (χ4v) is 4.65. The van der Waals surface area contributed by atoms with Crippen molar-refractivity contribution >= 4 is 7.37 Å². The molecule has 0 rings (SSSR count). The summed E-state index contributed by atoms with van der Waals surface area (Å²) in [5, 5.41) is 0. The summed E-state index contributed by atoms with van der Waals surface area (Å²) in [7, 11) is -3.08. The lowest BCUT2D eigenvalue weighted by molar-refractivity contribution is -0.367. The normalized spacial score (nSPS) is 14.0. The van der Waals surface area contributed by atoms with Crippen molar-refractivity contribution in [2.75, 3.05) is 18.9 Å². The van der Waals surface area contributed by atoms with Crippen molar-refractivity contribution in [1.29, 1.82) is 0 Å². The summed E-state index contributed by atoms with van der Waals surface area (Å²) < 4.78 is 11.7. The zero-order chi connectivity index (χ0) is 17.2. The highest BCUT2D eigenvalue weighted by molar-refractivity contribution is 7.56. The Balaban J connectivity index is 3.17. The van der Waals surface area contributed by atoms with Gasteiger partial charge in [-0.2, -0.15) is 0 Å². The fraction of sp³-hybridized carbons (Fsp3) is 1.00. The molecule has 0 aromatic heterocycles. The first-order valence-electron chi connectivity index (χ1n) is 10.2. The highest BCUT2D eigenvalue weighted by Gasteiger charge is 2.06. The first-order chi connectivity index (χ1) is 11.1. The minimum Gasteiger partial charge on any atom is -0.799 e. The smallest absolute Gasteiger partial charge is 0.0743 e. The van der Waals surface area contributed by atoms with E-state index in [9.17, 15) is 9.46 Å². The third kappa shape index (κ3) is 18.3. The van der Waals surface area contributed by atoms with Gasteiger partial charge in [-0.25, -0.2) is 0 Å². The maximum absolute atomic E-state index is 11.7. The Morgan fingerprint density at radius 1 is 0.652 bits per heavy atom. The molecule has 3 nitrogen and oxygen atoms in total. The highest BCUT2D eigenvalue weighted by atomic mass is 31.2. The highest BCUT2D eigenvalue weighted by Crippen LogP contribution is 2.37. The van der Waals surface area contributed by atoms with Crippen LogP contribution in [0.1, 0.15) is 103 Å². The molecule has 0 radical (unpaired) electrons. The average Bonchev–Trinajstić information content (AvgIpc) is 2.53. The van der Waals surface area contributed by atoms with Crippen LogP contribution < -0.4 is 10.6 Å². The van der Waals surface area contributed by atoms with E-state index in [4.69, 9.17) is 0 Å². The first-order valence-corrected chi connectivity index (χ1v) is 12.2. The summed E-state index contributed by atoms with van der Waals surface area (Å²) in [6.45, 7) is 2.99. The average molecular weight is 348 g/mol. The van der Waals surface area contributed by atoms with Gasteiger partial charge in [0.2, 0.25) is 0 Å². The second-order valence-corrected chi connectivity index (χ2v) is 9.59. The van der Waals surface area contributed by atoms with Gasteiger partial charge >= 0.3 is 0 Å². The number of quaternary nitrogens is 1. The van der Waals surface area contributed by atoms with Crippen LogP contribution >= 0.6 is 7.37 Å². The third-order valence-corrected chi connectivity index (χ3v) is 6.60. The molecule has 0 fully saturated rings. The van der Waals surface area contributed by atoms with Crippen LogP contribution in [0.4, 0.5) is 0 Å². The van der Waals surface area contributed by atoms with Gasteiger partial charge in [0.05, 0.1) is 6.54 Å². The quantitative estimate of drug-likeness (QED) is 0.287. The maximum atomic E-state index is 11.7. The van der Waals surface area contributed by atoms with Gasteiger partial charge in [0.15, 0.2) is 0 Å². The molecule has 0 aromatic rings. The third-order valence-electron chi connectivity index (χ3n) is 4.60. The lowest BCUT2D eigenvalue weighted by Gasteiger charge is -2.22. The van der Waals surface area contributed by atoms with E-state index in [1.54, 1.807) is 0 Å². The Morgan fingerprint density at radius 3 is 1.39 bits per heavy atom. The molecule has 23 heavy (non-hydrogen) atoms. The van der Waals surface area contributed by atoms with Crippen molar-refractivity contribution in [1.82, 2.24) is 0 Å². The fourth-order valence-electron chi connectivity index (χ4n) is 3.01. The van der Waals surface area contributed by atoms with E-state index in [1.807, 2.05) is 0 Å². The van der Waals surface area contributed by atoms with Gasteiger partial charge in [-0.3, -0.25) is 0 Å². The molecule has 0 heterocycles. The maximum Gasteiger partial charge on any atom is 0.0743 e. The minimum absolute atomic E-state index is 0.356. The second kappa shape index (κ2) is 17.0. The molecule has 3 N–H and O–H groups in total. The molecule has 0 bridgehead atoms. The predicted molar refractivity (Wildman–Crippen MR) is 100 cm³/mol. The van der Waals surface area contributed by atoms with Crippen LogP contribution in [0.5, 0.6) is 0 Å². The molecule has 0 saturated carbocycles. The van der Waals surface area contributed by atoms with Crippen LogP contribution in [0.25, 0.3) is 0 Å². The minimum atomic E-state index is -3.08. The Labute approximate surface area is 145 Å². The molecule has 140 valence electrons. The topological polar surface area (TPSA) is 67.8 Å². The van der Waals surface area contributed by atoms with Crippen molar-refractivity contribution < 1.29 is 15.2 Å². The summed E-state index contributed by atoms with van der Waals surface area (Å²) in [5.41, 5.74) is 3.70. The molecule has 0 aliphatic carbocycles. The Bertz CT molecular complexity index is 285. The second-order valence-electron chi connectivity index (χ2n) is 7.07. The lowest BCUT2D eigenvalue weighted by atomic mass is 10.0. The first kappa shape index (κ1) is 23.1. The number of unbranched alkanes of at least 4 members (excludes halogenated alkanes) is 13. The summed E-state index contributed by atoms with van der Waals surface area (Å²) in [6.07, 6.45) is 19.8. The van der Waals surface area contributed by atoms with Crippen LogP contribution in [0.2, 0.25) is 0 Å². The van der Waals surface area contributed by atoms with Crippen molar-refractivity contribution in [3.05, 3.63) is 0 Å². The monoisotopic (exact) mass is 347 g/mol. The molecule has 0 aromatic carbocycles. The van der Waals surface area contributed by atoms with E-state index in [-0.39, 0.29) is 0 Å². The van der Waals surface area contributed by atoms with E-state index in [0.29, 0.717) is 12.3 Å². The number of hydrogen-bond donors (Lipinski definition) is 1. The van der Waals surface area contributed by atoms with Gasteiger partial charge < -0.3 is 15.2 Å². The van der Waals surface area contributed by atoms with Crippen molar-refractivity contribution in [2.45, 2.75) is 103 Å². The molecule has 0 aliphatic rings. The molecule has 4 heteroatoms. The standard InChI is InChI=1S/C19H42NO2P/c1-2-3-4-5-6-7-8-9-10-11-12-13-14-15-18-23(21,22)19-16-17-20/h2-20H2,1H3,(H,21,22). The van der Waals surface area contributed by atoms with Gasteiger partial charge in [-0.05, 0) is 18.7 Å². The Morgan fingerprint density at radius 2 is 1.00 bits per heavy atom. The lowest BCUT2D eigenvalue weighted by Crippen LogP contribution is -2.50. The molecular weight excluding hydrogens is 305 g/mol. The van der Waals surface area contributed by atoms with E-state index in [2.05, 4.69) is 12.7 Å². The van der Waals surface area contributed by atoms with E-state index in [1.165, 1.54) is 77.0 Å². The Kier molecular flexibility index (Phi) is 17.1. The van der Waals surface area contributed by atoms with Gasteiger partial charge in [0, 0.05) is 13.8 Å². The van der Waals surface area contributed by atoms with Crippen molar-refractivity contribution in [2.24, 2.45) is 0 Å². The molecule has 0 saturated heterocycles. The summed E-state index contributed by atoms with van der Waals surface area (Å²) >= 11 is 0. The molecule has 1 unspecified atom stereocenters. The van der Waals surface area contributed by atoms with Crippen LogP contribution in [-0.2, 0) is 4.57 Å². The van der Waals surface area contributed by atoms with Gasteiger partial charge in [0.25, 0.3) is 0 Å². The zero-order valence-corrected chi connectivity index (χ0v) is 16.6. The van der Waals surface area contributed by atoms with Gasteiger partial charge in [0.1, 0.15) is 0 Å². The van der Waals surface area contributed by atoms with Crippen molar-refractivity contribution in [3.63, 3.8) is 0 Å². The van der Waals surface area contributed by atoms with Crippen LogP contribution in [-0.4, -0.2) is 18.9 Å². The molecular formula is C19H42NO2P. The van der Waals surface area contributed by atoms with Crippen molar-refractivity contribution in [3.8, 4) is 0 Å². The molecule has 1 atom stereocenters. The summed E-state index contributed by atoms with van der Waals surface area (Å²) in [5.74, 6) is 0. The largest absolute Gasteiger partial charge is 0.799 e. The predicted octanol–water partition coefficient (Wildman–Crippen LogP) is 4.74. The molecule has 0 spiro atoms. The van der Waals surface area contributed by atoms with Gasteiger partial charge in [-0.15, -0.1) is 0 Å². The van der Waals surface area contributed by atoms with Crippen LogP contribution in [0.15, 0.2) is 0 Å². The molecule has 0 amide bonds. The van der Waals surface area contributed by atoms with E-state index in [0.717, 1.165) is 25.8 Å². The number of hydrogen-bond acceptors (Lipinski definition) is 2. The zero-order valence-electron chi connectivity index (χ0n) is 15.7. The Hall–Kier alpha value is 0.150. The summed E-state index contributed by atoms with van der Waals surface area (Å²) in [4.78, 5) is 11.7.